The molecule has 2 aromatic rings. The third-order valence-corrected chi connectivity index (χ3v) is 6.11. The van der Waals surface area contributed by atoms with Gasteiger partial charge in [0.25, 0.3) is 10.0 Å². The quantitative estimate of drug-likeness (QED) is 0.180. The van der Waals surface area contributed by atoms with Gasteiger partial charge in [-0.1, -0.05) is 17.7 Å². The van der Waals surface area contributed by atoms with E-state index in [4.69, 9.17) is 5.84 Å². The maximum atomic E-state index is 12.1. The fourth-order valence-electron chi connectivity index (χ4n) is 1.77. The van der Waals surface area contributed by atoms with Gasteiger partial charge in [0.1, 0.15) is 6.34 Å². The minimum absolute atomic E-state index is 0.218. The molecule has 1 aromatic carbocycles. The molecule has 0 unspecified atom stereocenters. The number of nitrogens with zero attached hydrogens (tertiary/aromatic N) is 3. The van der Waals surface area contributed by atoms with Crippen LogP contribution in [-0.2, 0) is 15.8 Å². The van der Waals surface area contributed by atoms with Crippen molar-refractivity contribution in [1.29, 1.82) is 0 Å². The van der Waals surface area contributed by atoms with Gasteiger partial charge in [0.2, 0.25) is 5.13 Å². The number of aryl methyl sites for hydroxylation is 1. The highest BCUT2D eigenvalue weighted by molar-refractivity contribution is 7.98. The molecule has 0 atom stereocenters. The van der Waals surface area contributed by atoms with Crippen molar-refractivity contribution in [3.8, 4) is 0 Å². The van der Waals surface area contributed by atoms with E-state index in [1.165, 1.54) is 24.0 Å². The number of nitrogens with one attached hydrogen (secondary N) is 2. The fourth-order valence-corrected chi connectivity index (χ4v) is 4.11. The monoisotopic (exact) mass is 412 g/mol. The Kier molecular flexibility index (Phi) is 8.04. The van der Waals surface area contributed by atoms with Crippen LogP contribution in [0.25, 0.3) is 0 Å². The number of benzene rings is 1. The second-order valence-electron chi connectivity index (χ2n) is 5.07. The van der Waals surface area contributed by atoms with Gasteiger partial charge in [-0.3, -0.25) is 9.71 Å². The Bertz CT molecular complexity index is 847. The van der Waals surface area contributed by atoms with Gasteiger partial charge in [-0.15, -0.1) is 11.3 Å². The zero-order valence-corrected chi connectivity index (χ0v) is 16.6. The predicted octanol–water partition coefficient (Wildman–Crippen LogP) is 1.81. The van der Waals surface area contributed by atoms with Gasteiger partial charge < -0.3 is 5.43 Å². The molecule has 1 heterocycles. The van der Waals surface area contributed by atoms with E-state index in [2.05, 4.69) is 25.1 Å². The van der Waals surface area contributed by atoms with E-state index in [1.54, 1.807) is 36.0 Å². The van der Waals surface area contributed by atoms with E-state index in [1.807, 2.05) is 12.3 Å². The molecule has 11 heteroatoms. The standard InChI is InChI=1S/C15H20N6O2S3/c1-12-2-4-14(5-3-12)26(22,23)20-10-17-6-7-24-8-13-9-25-15(21-13)18-11-19-16/h2-5,9-11H,6-8,16H2,1H3,(H,17,20)(H,18,19,21). The van der Waals surface area contributed by atoms with E-state index in [9.17, 15) is 8.42 Å². The Morgan fingerprint density at radius 1 is 1.31 bits per heavy atom. The van der Waals surface area contributed by atoms with Crippen LogP contribution in [-0.4, -0.2) is 38.4 Å². The normalized spacial score (nSPS) is 12.1. The molecule has 4 N–H and O–H groups in total. The molecule has 8 nitrogen and oxygen atoms in total. The topological polar surface area (TPSA) is 122 Å². The first kappa shape index (κ1) is 20.4. The lowest BCUT2D eigenvalue weighted by Gasteiger charge is -2.03. The number of hydrazine groups is 1. The summed E-state index contributed by atoms with van der Waals surface area (Å²) in [4.78, 5) is 12.6. The zero-order valence-electron chi connectivity index (χ0n) is 14.1. The number of aromatic nitrogens is 1. The molecule has 0 amide bonds. The second kappa shape index (κ2) is 10.3. The maximum Gasteiger partial charge on any atom is 0.262 e. The Hall–Kier alpha value is -1.95. The minimum Gasteiger partial charge on any atom is -0.315 e. The molecular formula is C15H20N6O2S3. The first-order chi connectivity index (χ1) is 12.5. The van der Waals surface area contributed by atoms with Crippen LogP contribution in [0, 0.1) is 6.92 Å². The van der Waals surface area contributed by atoms with Crippen molar-refractivity contribution < 1.29 is 8.42 Å². The molecule has 1 aromatic heterocycles. The van der Waals surface area contributed by atoms with Crippen LogP contribution in [0.15, 0.2) is 44.5 Å². The highest BCUT2D eigenvalue weighted by atomic mass is 32.2. The largest absolute Gasteiger partial charge is 0.315 e. The van der Waals surface area contributed by atoms with Crippen molar-refractivity contribution >= 4 is 50.9 Å². The van der Waals surface area contributed by atoms with E-state index in [-0.39, 0.29) is 4.90 Å². The summed E-state index contributed by atoms with van der Waals surface area (Å²) in [5.41, 5.74) is 4.27. The highest BCUT2D eigenvalue weighted by Crippen LogP contribution is 2.21. The number of hydrogen-bond acceptors (Lipinski definition) is 8. The molecule has 140 valence electrons. The number of thioether (sulfide) groups is 1. The molecular weight excluding hydrogens is 392 g/mol. The van der Waals surface area contributed by atoms with Gasteiger partial charge >= 0.3 is 0 Å². The molecule has 0 spiro atoms. The molecule has 0 radical (unpaired) electrons. The van der Waals surface area contributed by atoms with Crippen molar-refractivity contribution in [3.05, 3.63) is 40.9 Å². The van der Waals surface area contributed by atoms with Crippen molar-refractivity contribution in [2.24, 2.45) is 15.8 Å². The molecule has 0 aliphatic carbocycles. The molecule has 2 rings (SSSR count). The number of aliphatic imine (C=N–C) groups is 2. The third-order valence-electron chi connectivity index (χ3n) is 3.03. The van der Waals surface area contributed by atoms with Crippen LogP contribution in [0.4, 0.5) is 5.13 Å². The SMILES string of the molecule is Cc1ccc(S(=O)(=O)NC=NCCSCc2csc(N=CNN)n2)cc1. The number of sulfonamides is 1. The van der Waals surface area contributed by atoms with E-state index in [0.717, 1.165) is 22.8 Å². The smallest absolute Gasteiger partial charge is 0.262 e. The van der Waals surface area contributed by atoms with Gasteiger partial charge in [0, 0.05) is 23.4 Å². The predicted molar refractivity (Wildman–Crippen MR) is 109 cm³/mol. The van der Waals surface area contributed by atoms with Gasteiger partial charge in [0.15, 0.2) is 0 Å². The lowest BCUT2D eigenvalue weighted by atomic mass is 10.2. The van der Waals surface area contributed by atoms with Gasteiger partial charge in [-0.25, -0.2) is 24.2 Å². The van der Waals surface area contributed by atoms with Crippen molar-refractivity contribution in [2.75, 3.05) is 12.3 Å². The molecule has 0 saturated carbocycles. The first-order valence-electron chi connectivity index (χ1n) is 7.59. The van der Waals surface area contributed by atoms with Gasteiger partial charge in [-0.05, 0) is 19.1 Å². The Balaban J connectivity index is 1.68. The summed E-state index contributed by atoms with van der Waals surface area (Å²) in [5.74, 6) is 6.60. The average molecular weight is 413 g/mol. The lowest BCUT2D eigenvalue weighted by Crippen LogP contribution is -2.22. The summed E-state index contributed by atoms with van der Waals surface area (Å²) in [5, 5.41) is 2.58. The number of nitrogens with two attached hydrogens (primary N) is 1. The first-order valence-corrected chi connectivity index (χ1v) is 11.1. The van der Waals surface area contributed by atoms with Gasteiger partial charge in [-0.2, -0.15) is 11.8 Å². The number of rotatable bonds is 10. The van der Waals surface area contributed by atoms with E-state index in [0.29, 0.717) is 11.7 Å². The lowest BCUT2D eigenvalue weighted by molar-refractivity contribution is 0.593. The molecule has 0 fully saturated rings. The Morgan fingerprint density at radius 3 is 2.81 bits per heavy atom. The van der Waals surface area contributed by atoms with Crippen LogP contribution in [0.3, 0.4) is 0 Å². The summed E-state index contributed by atoms with van der Waals surface area (Å²) in [6, 6.07) is 6.64. The highest BCUT2D eigenvalue weighted by Gasteiger charge is 2.10. The summed E-state index contributed by atoms with van der Waals surface area (Å²) in [6.07, 6.45) is 2.60. The summed E-state index contributed by atoms with van der Waals surface area (Å²) in [6.45, 7) is 2.41. The summed E-state index contributed by atoms with van der Waals surface area (Å²) < 4.78 is 26.5. The van der Waals surface area contributed by atoms with Crippen LogP contribution < -0.4 is 16.0 Å². The van der Waals surface area contributed by atoms with Crippen molar-refractivity contribution in [3.63, 3.8) is 0 Å². The average Bonchev–Trinajstić information content (AvgIpc) is 3.07. The summed E-state index contributed by atoms with van der Waals surface area (Å²) in [7, 11) is -3.56. The number of hydrogen-bond donors (Lipinski definition) is 3. The maximum absolute atomic E-state index is 12.1. The zero-order chi connectivity index (χ0) is 18.8. The van der Waals surface area contributed by atoms with Crippen LogP contribution in [0.5, 0.6) is 0 Å². The van der Waals surface area contributed by atoms with E-state index >= 15 is 0 Å². The molecule has 0 saturated heterocycles. The summed E-state index contributed by atoms with van der Waals surface area (Å²) >= 11 is 3.10. The van der Waals surface area contributed by atoms with Crippen LogP contribution in [0.1, 0.15) is 11.3 Å². The Morgan fingerprint density at radius 2 is 2.08 bits per heavy atom. The Labute approximate surface area is 161 Å². The number of thiazole rings is 1. The molecule has 0 bridgehead atoms. The van der Waals surface area contributed by atoms with Crippen molar-refractivity contribution in [1.82, 2.24) is 15.1 Å². The minimum atomic E-state index is -3.56. The van der Waals surface area contributed by atoms with Crippen LogP contribution >= 0.6 is 23.1 Å². The van der Waals surface area contributed by atoms with Crippen molar-refractivity contribution in [2.45, 2.75) is 17.6 Å². The van der Waals surface area contributed by atoms with Gasteiger partial charge in [0.05, 0.1) is 16.9 Å². The fraction of sp³-hybridized carbons (Fsp3) is 0.267. The molecule has 26 heavy (non-hydrogen) atoms. The molecule has 0 aliphatic heterocycles. The third kappa shape index (κ3) is 6.75. The van der Waals surface area contributed by atoms with E-state index < -0.39 is 10.0 Å². The second-order valence-corrected chi connectivity index (χ2v) is 8.72. The molecule has 0 aliphatic rings. The van der Waals surface area contributed by atoms with Crippen LogP contribution in [0.2, 0.25) is 0 Å².